The highest BCUT2D eigenvalue weighted by atomic mass is 32.2. The Bertz CT molecular complexity index is 1250. The maximum atomic E-state index is 12.8. The molecule has 34 heavy (non-hydrogen) atoms. The fourth-order valence-electron chi connectivity index (χ4n) is 4.09. The zero-order chi connectivity index (χ0) is 23.5. The van der Waals surface area contributed by atoms with Crippen molar-refractivity contribution in [2.45, 2.75) is 48.1 Å². The molecule has 2 fully saturated rings. The number of aromatic nitrogens is 3. The standard InChI is InChI=1S/C24H27N5O3S2/c30-22(25-19-11-13-21(14-12-19)34(31,32)28-15-5-2-6-16-28)17-33-24-27-26-23(18-9-10-18)29(24)20-7-3-1-4-8-20/h1,3-4,7-8,11-14,18H,2,5-6,9-10,15-17H2,(H,25,30). The number of nitrogens with zero attached hydrogens (tertiary/aromatic N) is 4. The van der Waals surface area contributed by atoms with Crippen LogP contribution in [0.15, 0.2) is 64.6 Å². The first-order chi connectivity index (χ1) is 16.5. The Hall–Kier alpha value is -2.69. The Morgan fingerprint density at radius 3 is 2.35 bits per heavy atom. The van der Waals surface area contributed by atoms with Crippen LogP contribution in [-0.2, 0) is 14.8 Å². The largest absolute Gasteiger partial charge is 0.325 e. The molecule has 2 aliphatic rings. The summed E-state index contributed by atoms with van der Waals surface area (Å²) in [6.45, 7) is 1.13. The van der Waals surface area contributed by atoms with Gasteiger partial charge in [0.1, 0.15) is 5.82 Å². The van der Waals surface area contributed by atoms with Crippen molar-refractivity contribution >= 4 is 33.4 Å². The lowest BCUT2D eigenvalue weighted by atomic mass is 10.2. The van der Waals surface area contributed by atoms with Crippen LogP contribution in [0.4, 0.5) is 5.69 Å². The van der Waals surface area contributed by atoms with Crippen molar-refractivity contribution in [3.63, 3.8) is 0 Å². The van der Waals surface area contributed by atoms with Gasteiger partial charge in [0.05, 0.1) is 10.6 Å². The number of carbonyl (C=O) groups is 1. The molecule has 0 unspecified atom stereocenters. The predicted molar refractivity (Wildman–Crippen MR) is 132 cm³/mol. The van der Waals surface area contributed by atoms with E-state index in [-0.39, 0.29) is 16.6 Å². The molecule has 1 N–H and O–H groups in total. The number of piperidine rings is 1. The fourth-order valence-corrected chi connectivity index (χ4v) is 6.37. The number of sulfonamides is 1. The molecule has 0 bridgehead atoms. The third kappa shape index (κ3) is 5.03. The van der Waals surface area contributed by atoms with Crippen LogP contribution in [0.3, 0.4) is 0 Å². The Morgan fingerprint density at radius 2 is 1.68 bits per heavy atom. The third-order valence-corrected chi connectivity index (χ3v) is 8.88. The van der Waals surface area contributed by atoms with Crippen molar-refractivity contribution in [1.82, 2.24) is 19.1 Å². The van der Waals surface area contributed by atoms with Crippen LogP contribution in [0.25, 0.3) is 5.69 Å². The number of nitrogens with one attached hydrogen (secondary N) is 1. The van der Waals surface area contributed by atoms with E-state index in [2.05, 4.69) is 15.5 Å². The molecule has 0 radical (unpaired) electrons. The van der Waals surface area contributed by atoms with Gasteiger partial charge < -0.3 is 5.32 Å². The minimum absolute atomic E-state index is 0.170. The van der Waals surface area contributed by atoms with Gasteiger partial charge in [-0.2, -0.15) is 4.31 Å². The second kappa shape index (κ2) is 9.89. The summed E-state index contributed by atoms with van der Waals surface area (Å²) in [5.41, 5.74) is 1.55. The normalized spacial score (nSPS) is 16.9. The summed E-state index contributed by atoms with van der Waals surface area (Å²) < 4.78 is 29.2. The number of hydrogen-bond acceptors (Lipinski definition) is 6. The van der Waals surface area contributed by atoms with E-state index in [9.17, 15) is 13.2 Å². The maximum absolute atomic E-state index is 12.8. The monoisotopic (exact) mass is 497 g/mol. The van der Waals surface area contributed by atoms with Gasteiger partial charge >= 0.3 is 0 Å². The Morgan fingerprint density at radius 1 is 0.971 bits per heavy atom. The minimum Gasteiger partial charge on any atom is -0.325 e. The van der Waals surface area contributed by atoms with Gasteiger partial charge in [-0.25, -0.2) is 8.42 Å². The number of anilines is 1. The number of thioether (sulfide) groups is 1. The van der Waals surface area contributed by atoms with Crippen molar-refractivity contribution in [3.05, 3.63) is 60.4 Å². The van der Waals surface area contributed by atoms with Gasteiger partial charge in [-0.1, -0.05) is 36.4 Å². The highest BCUT2D eigenvalue weighted by molar-refractivity contribution is 7.99. The summed E-state index contributed by atoms with van der Waals surface area (Å²) >= 11 is 1.34. The molecule has 1 aromatic heterocycles. The zero-order valence-corrected chi connectivity index (χ0v) is 20.4. The van der Waals surface area contributed by atoms with E-state index in [4.69, 9.17) is 0 Å². The molecular formula is C24H27N5O3S2. The van der Waals surface area contributed by atoms with E-state index in [1.54, 1.807) is 28.6 Å². The molecule has 1 saturated carbocycles. The summed E-state index contributed by atoms with van der Waals surface area (Å²) in [7, 11) is -3.49. The summed E-state index contributed by atoms with van der Waals surface area (Å²) in [4.78, 5) is 12.9. The summed E-state index contributed by atoms with van der Waals surface area (Å²) in [6, 6.07) is 16.3. The lowest BCUT2D eigenvalue weighted by Gasteiger charge is -2.25. The third-order valence-electron chi connectivity index (χ3n) is 6.04. The lowest BCUT2D eigenvalue weighted by Crippen LogP contribution is -2.35. The molecule has 2 heterocycles. The number of carbonyl (C=O) groups excluding carboxylic acids is 1. The van der Waals surface area contributed by atoms with Gasteiger partial charge in [0.2, 0.25) is 15.9 Å². The average Bonchev–Trinajstić information content (AvgIpc) is 3.63. The number of hydrogen-bond donors (Lipinski definition) is 1. The first-order valence-corrected chi connectivity index (χ1v) is 14.0. The van der Waals surface area contributed by atoms with Gasteiger partial charge in [-0.15, -0.1) is 10.2 Å². The molecule has 5 rings (SSSR count). The molecule has 0 atom stereocenters. The van der Waals surface area contributed by atoms with Crippen molar-refractivity contribution in [2.75, 3.05) is 24.2 Å². The van der Waals surface area contributed by atoms with Crippen LogP contribution in [0.1, 0.15) is 43.8 Å². The van der Waals surface area contributed by atoms with Crippen LogP contribution in [0.5, 0.6) is 0 Å². The molecule has 1 amide bonds. The molecular weight excluding hydrogens is 470 g/mol. The molecule has 8 nitrogen and oxygen atoms in total. The van der Waals surface area contributed by atoms with Crippen LogP contribution in [-0.4, -0.2) is 52.2 Å². The van der Waals surface area contributed by atoms with E-state index < -0.39 is 10.0 Å². The predicted octanol–water partition coefficient (Wildman–Crippen LogP) is 4.05. The second-order valence-corrected chi connectivity index (χ2v) is 11.5. The molecule has 1 aliphatic heterocycles. The Kier molecular flexibility index (Phi) is 6.71. The molecule has 0 spiro atoms. The second-order valence-electron chi connectivity index (χ2n) is 8.61. The molecule has 3 aromatic rings. The molecule has 2 aromatic carbocycles. The van der Waals surface area contributed by atoms with Crippen LogP contribution in [0.2, 0.25) is 0 Å². The molecule has 1 aliphatic carbocycles. The first-order valence-electron chi connectivity index (χ1n) is 11.6. The topological polar surface area (TPSA) is 97.2 Å². The van der Waals surface area contributed by atoms with Gasteiger partial charge in [0, 0.05) is 30.4 Å². The van der Waals surface area contributed by atoms with Gasteiger partial charge in [0.25, 0.3) is 0 Å². The number of rotatable bonds is 8. The SMILES string of the molecule is O=C(CSc1nnc(C2CC2)n1-c1ccccc1)Nc1ccc(S(=O)(=O)N2CCCCC2)cc1. The van der Waals surface area contributed by atoms with Gasteiger partial charge in [-0.05, 0) is 62.1 Å². The van der Waals surface area contributed by atoms with Gasteiger partial charge in [0.15, 0.2) is 5.16 Å². The van der Waals surface area contributed by atoms with E-state index >= 15 is 0 Å². The van der Waals surface area contributed by atoms with Crippen LogP contribution >= 0.6 is 11.8 Å². The molecule has 10 heteroatoms. The van der Waals surface area contributed by atoms with Gasteiger partial charge in [-0.3, -0.25) is 9.36 Å². The Labute approximate surface area is 203 Å². The minimum atomic E-state index is -3.49. The van der Waals surface area contributed by atoms with Crippen LogP contribution < -0.4 is 5.32 Å². The first kappa shape index (κ1) is 23.1. The Balaban J connectivity index is 1.23. The number of para-hydroxylation sites is 1. The maximum Gasteiger partial charge on any atom is 0.243 e. The van der Waals surface area contributed by atoms with Crippen molar-refractivity contribution < 1.29 is 13.2 Å². The zero-order valence-electron chi connectivity index (χ0n) is 18.8. The smallest absolute Gasteiger partial charge is 0.243 e. The quantitative estimate of drug-likeness (QED) is 0.472. The molecule has 178 valence electrons. The van der Waals surface area contributed by atoms with Crippen molar-refractivity contribution in [1.29, 1.82) is 0 Å². The average molecular weight is 498 g/mol. The van der Waals surface area contributed by atoms with E-state index in [0.29, 0.717) is 29.9 Å². The van der Waals surface area contributed by atoms with E-state index in [0.717, 1.165) is 43.6 Å². The van der Waals surface area contributed by atoms with E-state index in [1.807, 2.05) is 34.9 Å². The summed E-state index contributed by atoms with van der Waals surface area (Å²) in [6.07, 6.45) is 5.08. The highest BCUT2D eigenvalue weighted by Crippen LogP contribution is 2.41. The van der Waals surface area contributed by atoms with Crippen molar-refractivity contribution in [3.8, 4) is 5.69 Å². The van der Waals surface area contributed by atoms with Crippen molar-refractivity contribution in [2.24, 2.45) is 0 Å². The number of benzene rings is 2. The van der Waals surface area contributed by atoms with E-state index in [1.165, 1.54) is 11.8 Å². The number of amides is 1. The molecule has 1 saturated heterocycles. The van der Waals surface area contributed by atoms with Crippen LogP contribution in [0, 0.1) is 0 Å². The summed E-state index contributed by atoms with van der Waals surface area (Å²) in [5, 5.41) is 12.3. The summed E-state index contributed by atoms with van der Waals surface area (Å²) in [5.74, 6) is 1.35. The lowest BCUT2D eigenvalue weighted by molar-refractivity contribution is -0.113. The highest BCUT2D eigenvalue weighted by Gasteiger charge is 2.31. The fraction of sp³-hybridized carbons (Fsp3) is 0.375.